The first-order valence-electron chi connectivity index (χ1n) is 6.76. The van der Waals surface area contributed by atoms with Crippen molar-refractivity contribution in [1.82, 2.24) is 0 Å². The van der Waals surface area contributed by atoms with Crippen LogP contribution in [0.3, 0.4) is 0 Å². The quantitative estimate of drug-likeness (QED) is 0.856. The summed E-state index contributed by atoms with van der Waals surface area (Å²) in [4.78, 5) is 2.35. The van der Waals surface area contributed by atoms with E-state index in [0.717, 1.165) is 31.6 Å². The van der Waals surface area contributed by atoms with Gasteiger partial charge in [-0.3, -0.25) is 0 Å². The van der Waals surface area contributed by atoms with Gasteiger partial charge < -0.3 is 10.2 Å². The lowest BCUT2D eigenvalue weighted by atomic mass is 10.1. The fraction of sp³-hybridized carbons (Fsp3) is 0.250. The number of anilines is 2. The van der Waals surface area contributed by atoms with Crippen LogP contribution >= 0.6 is 23.2 Å². The molecule has 0 radical (unpaired) electrons. The van der Waals surface area contributed by atoms with E-state index in [9.17, 15) is 0 Å². The smallest absolute Gasteiger partial charge is 0.0642 e. The number of rotatable bonds is 2. The first-order valence-corrected chi connectivity index (χ1v) is 7.52. The molecule has 2 aromatic rings. The summed E-state index contributed by atoms with van der Waals surface area (Å²) in [5.41, 5.74) is 3.47. The molecule has 0 bridgehead atoms. The van der Waals surface area contributed by atoms with Gasteiger partial charge in [0.2, 0.25) is 0 Å². The van der Waals surface area contributed by atoms with E-state index in [-0.39, 0.29) is 0 Å². The molecule has 0 fully saturated rings. The standard InChI is InChI=1S/C16H16Cl2N2/c17-13-6-3-5-12(16(13)18)11-20-10-4-9-19-14-7-1-2-8-15(14)20/h1-3,5-8,19H,4,9-11H2. The summed E-state index contributed by atoms with van der Waals surface area (Å²) in [5.74, 6) is 0. The maximum absolute atomic E-state index is 6.31. The van der Waals surface area contributed by atoms with Crippen molar-refractivity contribution >= 4 is 34.6 Å². The molecule has 1 aliphatic heterocycles. The number of para-hydroxylation sites is 2. The summed E-state index contributed by atoms with van der Waals surface area (Å²) >= 11 is 12.4. The molecule has 1 N–H and O–H groups in total. The van der Waals surface area contributed by atoms with E-state index in [1.807, 2.05) is 18.2 Å². The van der Waals surface area contributed by atoms with Gasteiger partial charge >= 0.3 is 0 Å². The van der Waals surface area contributed by atoms with E-state index in [1.165, 1.54) is 11.4 Å². The molecule has 0 spiro atoms. The lowest BCUT2D eigenvalue weighted by Crippen LogP contribution is -2.23. The van der Waals surface area contributed by atoms with Crippen LogP contribution in [0.2, 0.25) is 10.0 Å². The SMILES string of the molecule is Clc1cccc(CN2CCCNc3ccccc32)c1Cl. The number of halogens is 2. The van der Waals surface area contributed by atoms with Crippen LogP contribution in [0.1, 0.15) is 12.0 Å². The van der Waals surface area contributed by atoms with Crippen LogP contribution in [0.4, 0.5) is 11.4 Å². The molecule has 1 aliphatic rings. The Morgan fingerprint density at radius 3 is 2.80 bits per heavy atom. The van der Waals surface area contributed by atoms with E-state index in [0.29, 0.717) is 10.0 Å². The molecule has 4 heteroatoms. The van der Waals surface area contributed by atoms with Gasteiger partial charge in [0.05, 0.1) is 21.4 Å². The van der Waals surface area contributed by atoms with Crippen LogP contribution in [-0.4, -0.2) is 13.1 Å². The Morgan fingerprint density at radius 2 is 1.90 bits per heavy atom. The zero-order valence-electron chi connectivity index (χ0n) is 11.1. The minimum atomic E-state index is 0.616. The molecule has 3 rings (SSSR count). The fourth-order valence-electron chi connectivity index (χ4n) is 2.55. The Morgan fingerprint density at radius 1 is 1.05 bits per heavy atom. The third-order valence-corrected chi connectivity index (χ3v) is 4.42. The average Bonchev–Trinajstić information content (AvgIpc) is 2.67. The lowest BCUT2D eigenvalue weighted by molar-refractivity contribution is 0.764. The van der Waals surface area contributed by atoms with Gasteiger partial charge in [0, 0.05) is 19.6 Å². The van der Waals surface area contributed by atoms with Gasteiger partial charge in [-0.2, -0.15) is 0 Å². The van der Waals surface area contributed by atoms with Gasteiger partial charge in [-0.1, -0.05) is 47.5 Å². The molecule has 104 valence electrons. The number of hydrogen-bond donors (Lipinski definition) is 1. The van der Waals surface area contributed by atoms with E-state index < -0.39 is 0 Å². The van der Waals surface area contributed by atoms with E-state index in [2.05, 4.69) is 34.5 Å². The monoisotopic (exact) mass is 306 g/mol. The van der Waals surface area contributed by atoms with Crippen molar-refractivity contribution in [2.75, 3.05) is 23.3 Å². The fourth-order valence-corrected chi connectivity index (χ4v) is 2.93. The van der Waals surface area contributed by atoms with Gasteiger partial charge in [0.1, 0.15) is 0 Å². The highest BCUT2D eigenvalue weighted by molar-refractivity contribution is 6.42. The zero-order chi connectivity index (χ0) is 13.9. The maximum atomic E-state index is 6.31. The van der Waals surface area contributed by atoms with Crippen molar-refractivity contribution in [3.63, 3.8) is 0 Å². The van der Waals surface area contributed by atoms with Gasteiger partial charge in [0.25, 0.3) is 0 Å². The van der Waals surface area contributed by atoms with Crippen molar-refractivity contribution in [3.8, 4) is 0 Å². The molecule has 2 aromatic carbocycles. The highest BCUT2D eigenvalue weighted by Gasteiger charge is 2.16. The molecule has 0 aromatic heterocycles. The minimum absolute atomic E-state index is 0.616. The van der Waals surface area contributed by atoms with Crippen LogP contribution in [0.25, 0.3) is 0 Å². The molecule has 0 atom stereocenters. The molecule has 0 saturated heterocycles. The summed E-state index contributed by atoms with van der Waals surface area (Å²) in [7, 11) is 0. The Kier molecular flexibility index (Phi) is 4.04. The second-order valence-electron chi connectivity index (χ2n) is 4.93. The van der Waals surface area contributed by atoms with Crippen LogP contribution in [0, 0.1) is 0 Å². The lowest BCUT2D eigenvalue weighted by Gasteiger charge is -2.25. The molecule has 0 unspecified atom stereocenters. The Labute approximate surface area is 129 Å². The van der Waals surface area contributed by atoms with Crippen LogP contribution in [-0.2, 0) is 6.54 Å². The van der Waals surface area contributed by atoms with Crippen LogP contribution in [0.5, 0.6) is 0 Å². The van der Waals surface area contributed by atoms with E-state index >= 15 is 0 Å². The number of hydrogen-bond acceptors (Lipinski definition) is 2. The first-order chi connectivity index (χ1) is 9.75. The number of nitrogens with zero attached hydrogens (tertiary/aromatic N) is 1. The van der Waals surface area contributed by atoms with Crippen LogP contribution < -0.4 is 10.2 Å². The van der Waals surface area contributed by atoms with Crippen molar-refractivity contribution in [3.05, 3.63) is 58.1 Å². The Balaban J connectivity index is 1.92. The maximum Gasteiger partial charge on any atom is 0.0642 e. The van der Waals surface area contributed by atoms with Crippen molar-refractivity contribution in [1.29, 1.82) is 0 Å². The molecule has 20 heavy (non-hydrogen) atoms. The van der Waals surface area contributed by atoms with Gasteiger partial charge in [-0.15, -0.1) is 0 Å². The van der Waals surface area contributed by atoms with Crippen molar-refractivity contribution < 1.29 is 0 Å². The zero-order valence-corrected chi connectivity index (χ0v) is 12.6. The third-order valence-electron chi connectivity index (χ3n) is 3.56. The molecule has 0 aliphatic carbocycles. The minimum Gasteiger partial charge on any atom is -0.383 e. The van der Waals surface area contributed by atoms with E-state index in [1.54, 1.807) is 0 Å². The second-order valence-corrected chi connectivity index (χ2v) is 5.72. The molecule has 0 amide bonds. The topological polar surface area (TPSA) is 15.3 Å². The normalized spacial score (nSPS) is 14.4. The Hall–Kier alpha value is -1.38. The first kappa shape index (κ1) is 13.6. The highest BCUT2D eigenvalue weighted by atomic mass is 35.5. The van der Waals surface area contributed by atoms with Gasteiger partial charge in [-0.25, -0.2) is 0 Å². The molecule has 1 heterocycles. The van der Waals surface area contributed by atoms with Gasteiger partial charge in [-0.05, 0) is 30.2 Å². The van der Waals surface area contributed by atoms with Gasteiger partial charge in [0.15, 0.2) is 0 Å². The molecular formula is C16H16Cl2N2. The summed E-state index contributed by atoms with van der Waals surface area (Å²) < 4.78 is 0. The molecular weight excluding hydrogens is 291 g/mol. The largest absolute Gasteiger partial charge is 0.383 e. The molecule has 2 nitrogen and oxygen atoms in total. The third kappa shape index (κ3) is 2.72. The summed E-state index contributed by atoms with van der Waals surface area (Å²) in [6.45, 7) is 2.78. The van der Waals surface area contributed by atoms with Crippen molar-refractivity contribution in [2.24, 2.45) is 0 Å². The second kappa shape index (κ2) is 5.94. The Bertz CT molecular complexity index is 613. The number of benzene rings is 2. The highest BCUT2D eigenvalue weighted by Crippen LogP contribution is 2.32. The van der Waals surface area contributed by atoms with Crippen LogP contribution in [0.15, 0.2) is 42.5 Å². The summed E-state index contributed by atoms with van der Waals surface area (Å²) in [6, 6.07) is 14.2. The predicted octanol–water partition coefficient (Wildman–Crippen LogP) is 4.82. The summed E-state index contributed by atoms with van der Waals surface area (Å²) in [5, 5.41) is 4.74. The number of fused-ring (bicyclic) bond motifs is 1. The average molecular weight is 307 g/mol. The van der Waals surface area contributed by atoms with E-state index in [4.69, 9.17) is 23.2 Å². The summed E-state index contributed by atoms with van der Waals surface area (Å²) in [6.07, 6.45) is 1.10. The predicted molar refractivity (Wildman–Crippen MR) is 87.1 cm³/mol. The van der Waals surface area contributed by atoms with Crippen molar-refractivity contribution in [2.45, 2.75) is 13.0 Å². The number of nitrogens with one attached hydrogen (secondary N) is 1. The molecule has 0 saturated carbocycles.